The predicted octanol–water partition coefficient (Wildman–Crippen LogP) is 7.80. The molecule has 0 saturated heterocycles. The SMILES string of the molecule is CC(C)CCCCCC(C)C(CCCC(=O)O)(C(=O)O)C(C)CCCCCC(C)C. The first-order valence-corrected chi connectivity index (χ1v) is 12.5. The molecule has 0 aromatic rings. The Morgan fingerprint density at radius 2 is 1.03 bits per heavy atom. The third kappa shape index (κ3) is 11.4. The number of rotatable bonds is 19. The van der Waals surface area contributed by atoms with E-state index < -0.39 is 17.4 Å². The zero-order chi connectivity index (χ0) is 23.2. The van der Waals surface area contributed by atoms with Crippen molar-refractivity contribution < 1.29 is 19.8 Å². The lowest BCUT2D eigenvalue weighted by Crippen LogP contribution is -2.43. The summed E-state index contributed by atoms with van der Waals surface area (Å²) in [6.45, 7) is 13.1. The maximum absolute atomic E-state index is 12.6. The van der Waals surface area contributed by atoms with E-state index in [-0.39, 0.29) is 18.3 Å². The lowest BCUT2D eigenvalue weighted by molar-refractivity contribution is -0.159. The highest BCUT2D eigenvalue weighted by Crippen LogP contribution is 2.45. The number of carbonyl (C=O) groups is 2. The molecule has 0 aromatic carbocycles. The van der Waals surface area contributed by atoms with Crippen molar-refractivity contribution in [2.45, 2.75) is 125 Å². The van der Waals surface area contributed by atoms with Gasteiger partial charge in [0.2, 0.25) is 0 Å². The fourth-order valence-corrected chi connectivity index (χ4v) is 4.91. The Morgan fingerprint density at radius 1 is 0.633 bits per heavy atom. The molecule has 30 heavy (non-hydrogen) atoms. The van der Waals surface area contributed by atoms with Gasteiger partial charge in [0.1, 0.15) is 0 Å². The Bertz CT molecular complexity index is 446. The van der Waals surface area contributed by atoms with Gasteiger partial charge >= 0.3 is 11.9 Å². The fourth-order valence-electron chi connectivity index (χ4n) is 4.91. The quantitative estimate of drug-likeness (QED) is 0.207. The molecule has 0 aliphatic heterocycles. The second-order valence-corrected chi connectivity index (χ2v) is 10.5. The largest absolute Gasteiger partial charge is 0.481 e. The highest BCUT2D eigenvalue weighted by Gasteiger charge is 2.46. The molecule has 0 aliphatic rings. The molecule has 0 spiro atoms. The van der Waals surface area contributed by atoms with Gasteiger partial charge in [-0.25, -0.2) is 0 Å². The first kappa shape index (κ1) is 28.9. The molecule has 2 unspecified atom stereocenters. The minimum absolute atomic E-state index is 0.0528. The summed E-state index contributed by atoms with van der Waals surface area (Å²) in [5.41, 5.74) is -0.814. The number of carboxylic acids is 2. The van der Waals surface area contributed by atoms with Crippen molar-refractivity contribution in [3.63, 3.8) is 0 Å². The molecular formula is C26H50O4. The van der Waals surface area contributed by atoms with Crippen molar-refractivity contribution in [2.75, 3.05) is 0 Å². The Labute approximate surface area is 186 Å². The van der Waals surface area contributed by atoms with Crippen molar-refractivity contribution in [2.24, 2.45) is 29.1 Å². The van der Waals surface area contributed by atoms with E-state index >= 15 is 0 Å². The first-order valence-electron chi connectivity index (χ1n) is 12.5. The van der Waals surface area contributed by atoms with E-state index in [2.05, 4.69) is 41.5 Å². The van der Waals surface area contributed by atoms with Crippen molar-refractivity contribution in [3.8, 4) is 0 Å². The first-order chi connectivity index (χ1) is 14.0. The summed E-state index contributed by atoms with van der Waals surface area (Å²) in [6.07, 6.45) is 12.1. The predicted molar refractivity (Wildman–Crippen MR) is 126 cm³/mol. The number of unbranched alkanes of at least 4 members (excludes halogenated alkanes) is 4. The van der Waals surface area contributed by atoms with Crippen LogP contribution in [0.2, 0.25) is 0 Å². The average molecular weight is 427 g/mol. The van der Waals surface area contributed by atoms with E-state index in [0.29, 0.717) is 24.7 Å². The Kier molecular flexibility index (Phi) is 15.1. The van der Waals surface area contributed by atoms with Gasteiger partial charge in [-0.3, -0.25) is 9.59 Å². The third-order valence-corrected chi connectivity index (χ3v) is 6.98. The zero-order valence-corrected chi connectivity index (χ0v) is 20.7. The molecule has 0 aromatic heterocycles. The molecule has 0 rings (SSSR count). The Balaban J connectivity index is 5.04. The highest BCUT2D eigenvalue weighted by molar-refractivity contribution is 5.75. The summed E-state index contributed by atoms with van der Waals surface area (Å²) in [4.78, 5) is 23.6. The van der Waals surface area contributed by atoms with Crippen molar-refractivity contribution in [1.82, 2.24) is 0 Å². The molecule has 178 valence electrons. The van der Waals surface area contributed by atoms with Crippen LogP contribution in [0.4, 0.5) is 0 Å². The van der Waals surface area contributed by atoms with Gasteiger partial charge in [0.15, 0.2) is 0 Å². The summed E-state index contributed by atoms with van der Waals surface area (Å²) in [5.74, 6) is -0.00391. The molecule has 4 nitrogen and oxygen atoms in total. The van der Waals surface area contributed by atoms with Crippen LogP contribution in [0.5, 0.6) is 0 Å². The van der Waals surface area contributed by atoms with Gasteiger partial charge in [-0.2, -0.15) is 0 Å². The van der Waals surface area contributed by atoms with Gasteiger partial charge in [0, 0.05) is 6.42 Å². The second kappa shape index (κ2) is 15.7. The normalized spacial score (nSPS) is 15.9. The molecule has 4 heteroatoms. The molecule has 0 bridgehead atoms. The summed E-state index contributed by atoms with van der Waals surface area (Å²) >= 11 is 0. The Hall–Kier alpha value is -1.06. The van der Waals surface area contributed by atoms with Crippen molar-refractivity contribution in [1.29, 1.82) is 0 Å². The van der Waals surface area contributed by atoms with E-state index in [4.69, 9.17) is 5.11 Å². The number of hydrogen-bond donors (Lipinski definition) is 2. The van der Waals surface area contributed by atoms with Gasteiger partial charge in [0.25, 0.3) is 0 Å². The van der Waals surface area contributed by atoms with Gasteiger partial charge in [0.05, 0.1) is 5.41 Å². The standard InChI is InChI=1S/C26H50O4/c1-20(2)14-9-7-11-16-22(5)26(25(29)30,19-13-18-24(27)28)23(6)17-12-8-10-15-21(3)4/h20-23H,7-19H2,1-6H3,(H,27,28)(H,29,30). The smallest absolute Gasteiger partial charge is 0.310 e. The maximum atomic E-state index is 12.6. The lowest BCUT2D eigenvalue weighted by Gasteiger charge is -2.41. The average Bonchev–Trinajstić information content (AvgIpc) is 2.63. The monoisotopic (exact) mass is 426 g/mol. The van der Waals surface area contributed by atoms with Crippen LogP contribution in [0.1, 0.15) is 125 Å². The molecule has 0 heterocycles. The van der Waals surface area contributed by atoms with E-state index in [1.165, 1.54) is 25.7 Å². The van der Waals surface area contributed by atoms with Gasteiger partial charge < -0.3 is 10.2 Å². The summed E-state index contributed by atoms with van der Waals surface area (Å²) in [5, 5.41) is 19.4. The number of aliphatic carboxylic acids is 2. The third-order valence-electron chi connectivity index (χ3n) is 6.98. The molecule has 2 N–H and O–H groups in total. The van der Waals surface area contributed by atoms with Crippen LogP contribution in [0.15, 0.2) is 0 Å². The summed E-state index contributed by atoms with van der Waals surface area (Å²) < 4.78 is 0. The molecule has 2 atom stereocenters. The topological polar surface area (TPSA) is 74.6 Å². The van der Waals surface area contributed by atoms with Gasteiger partial charge in [-0.15, -0.1) is 0 Å². The minimum Gasteiger partial charge on any atom is -0.481 e. The molecule has 0 aliphatic carbocycles. The van der Waals surface area contributed by atoms with Crippen LogP contribution < -0.4 is 0 Å². The molecule has 0 saturated carbocycles. The van der Waals surface area contributed by atoms with Gasteiger partial charge in [-0.05, 0) is 49.4 Å². The van der Waals surface area contributed by atoms with E-state index in [1.807, 2.05) is 0 Å². The minimum atomic E-state index is -0.836. The fraction of sp³-hybridized carbons (Fsp3) is 0.923. The van der Waals surface area contributed by atoms with Crippen molar-refractivity contribution >= 4 is 11.9 Å². The van der Waals surface area contributed by atoms with Crippen LogP contribution in [0.25, 0.3) is 0 Å². The van der Waals surface area contributed by atoms with Crippen LogP contribution in [0.3, 0.4) is 0 Å². The van der Waals surface area contributed by atoms with E-state index in [0.717, 1.165) is 38.5 Å². The number of hydrogen-bond acceptors (Lipinski definition) is 2. The van der Waals surface area contributed by atoms with Crippen LogP contribution in [-0.4, -0.2) is 22.2 Å². The van der Waals surface area contributed by atoms with Crippen molar-refractivity contribution in [3.05, 3.63) is 0 Å². The molecule has 0 amide bonds. The van der Waals surface area contributed by atoms with Gasteiger partial charge in [-0.1, -0.05) is 92.9 Å². The van der Waals surface area contributed by atoms with E-state index in [1.54, 1.807) is 0 Å². The van der Waals surface area contributed by atoms with Crippen LogP contribution >= 0.6 is 0 Å². The highest BCUT2D eigenvalue weighted by atomic mass is 16.4. The lowest BCUT2D eigenvalue weighted by atomic mass is 9.62. The van der Waals surface area contributed by atoms with Crippen LogP contribution in [0, 0.1) is 29.1 Å². The summed E-state index contributed by atoms with van der Waals surface area (Å²) in [7, 11) is 0. The maximum Gasteiger partial charge on any atom is 0.310 e. The second-order valence-electron chi connectivity index (χ2n) is 10.5. The summed E-state index contributed by atoms with van der Waals surface area (Å²) in [6, 6.07) is 0. The van der Waals surface area contributed by atoms with E-state index in [9.17, 15) is 14.7 Å². The zero-order valence-electron chi connectivity index (χ0n) is 20.7. The number of carboxylic acid groups (broad SMARTS) is 2. The molecule has 0 radical (unpaired) electrons. The molecular weight excluding hydrogens is 376 g/mol. The Morgan fingerprint density at radius 3 is 1.37 bits per heavy atom. The molecule has 0 fully saturated rings. The van der Waals surface area contributed by atoms with Crippen LogP contribution in [-0.2, 0) is 9.59 Å².